The third-order valence-corrected chi connectivity index (χ3v) is 6.89. The van der Waals surface area contributed by atoms with Gasteiger partial charge in [0.05, 0.1) is 16.7 Å². The molecule has 1 fully saturated rings. The predicted molar refractivity (Wildman–Crippen MR) is 97.6 cm³/mol. The van der Waals surface area contributed by atoms with Crippen molar-refractivity contribution in [3.8, 4) is 0 Å². The predicted octanol–water partition coefficient (Wildman–Crippen LogP) is 3.88. The first-order valence-corrected chi connectivity index (χ1v) is 9.21. The summed E-state index contributed by atoms with van der Waals surface area (Å²) in [6.07, 6.45) is 2.21. The third-order valence-electron chi connectivity index (χ3n) is 3.60. The van der Waals surface area contributed by atoms with Crippen molar-refractivity contribution < 1.29 is 4.79 Å². The number of thioether (sulfide) groups is 2. The molecular formula is C17H18N2OS2. The smallest absolute Gasteiger partial charge is 0.242 e. The van der Waals surface area contributed by atoms with Crippen molar-refractivity contribution in [1.29, 1.82) is 0 Å². The van der Waals surface area contributed by atoms with Crippen molar-refractivity contribution in [1.82, 2.24) is 5.43 Å². The van der Waals surface area contributed by atoms with Crippen LogP contribution in [0.5, 0.6) is 0 Å². The quantitative estimate of drug-likeness (QED) is 0.683. The normalized spacial score (nSPS) is 17.1. The molecule has 22 heavy (non-hydrogen) atoms. The van der Waals surface area contributed by atoms with E-state index in [4.69, 9.17) is 0 Å². The lowest BCUT2D eigenvalue weighted by Crippen LogP contribution is -2.26. The molecule has 0 saturated carbocycles. The Bertz CT molecular complexity index is 703. The minimum absolute atomic E-state index is 0.000945. The number of hydrogen-bond acceptors (Lipinski definition) is 4. The van der Waals surface area contributed by atoms with E-state index < -0.39 is 0 Å². The van der Waals surface area contributed by atoms with Crippen LogP contribution in [0.15, 0.2) is 47.6 Å². The maximum atomic E-state index is 12.0. The van der Waals surface area contributed by atoms with Gasteiger partial charge in [0.2, 0.25) is 5.91 Å². The number of benzene rings is 2. The zero-order valence-corrected chi connectivity index (χ0v) is 14.0. The molecule has 1 saturated heterocycles. The van der Waals surface area contributed by atoms with Gasteiger partial charge in [0.15, 0.2) is 0 Å². The van der Waals surface area contributed by atoms with Crippen LogP contribution in [0.4, 0.5) is 0 Å². The summed E-state index contributed by atoms with van der Waals surface area (Å²) in [4.78, 5) is 12.0. The molecule has 1 aliphatic rings. The van der Waals surface area contributed by atoms with Crippen LogP contribution in [-0.2, 0) is 4.79 Å². The van der Waals surface area contributed by atoms with Crippen molar-refractivity contribution in [2.45, 2.75) is 17.4 Å². The molecule has 5 heteroatoms. The summed E-state index contributed by atoms with van der Waals surface area (Å²) < 4.78 is -0.000945. The topological polar surface area (TPSA) is 41.5 Å². The van der Waals surface area contributed by atoms with Gasteiger partial charge >= 0.3 is 0 Å². The fourth-order valence-corrected chi connectivity index (χ4v) is 5.36. The van der Waals surface area contributed by atoms with Crippen molar-refractivity contribution in [3.63, 3.8) is 0 Å². The number of rotatable bonds is 4. The van der Waals surface area contributed by atoms with Gasteiger partial charge in [-0.05, 0) is 17.7 Å². The maximum Gasteiger partial charge on any atom is 0.242 e. The van der Waals surface area contributed by atoms with Crippen molar-refractivity contribution in [2.75, 3.05) is 11.5 Å². The number of hydrazone groups is 1. The molecule has 114 valence electrons. The number of carbonyl (C=O) groups is 1. The van der Waals surface area contributed by atoms with Crippen LogP contribution in [0, 0.1) is 0 Å². The highest BCUT2D eigenvalue weighted by Gasteiger charge is 2.32. The summed E-state index contributed by atoms with van der Waals surface area (Å²) in [6, 6.07) is 14.2. The Hall–Kier alpha value is -1.46. The van der Waals surface area contributed by atoms with Gasteiger partial charge in [0.1, 0.15) is 0 Å². The summed E-state index contributed by atoms with van der Waals surface area (Å²) in [7, 11) is 0. The molecule has 0 aromatic heterocycles. The van der Waals surface area contributed by atoms with E-state index in [9.17, 15) is 4.79 Å². The molecule has 0 atom stereocenters. The minimum Gasteiger partial charge on any atom is -0.273 e. The summed E-state index contributed by atoms with van der Waals surface area (Å²) in [5.74, 6) is 2.21. The van der Waals surface area contributed by atoms with Crippen molar-refractivity contribution in [3.05, 3.63) is 48.0 Å². The van der Waals surface area contributed by atoms with E-state index in [1.807, 2.05) is 47.8 Å². The second-order valence-corrected chi connectivity index (χ2v) is 8.82. The Balaban J connectivity index is 1.65. The van der Waals surface area contributed by atoms with Crippen LogP contribution >= 0.6 is 23.5 Å². The number of fused-ring (bicyclic) bond motifs is 1. The number of nitrogens with zero attached hydrogens (tertiary/aromatic N) is 1. The van der Waals surface area contributed by atoms with E-state index in [-0.39, 0.29) is 9.99 Å². The van der Waals surface area contributed by atoms with Crippen molar-refractivity contribution in [2.24, 2.45) is 5.10 Å². The zero-order valence-electron chi connectivity index (χ0n) is 12.4. The highest BCUT2D eigenvalue weighted by Crippen LogP contribution is 2.45. The summed E-state index contributed by atoms with van der Waals surface area (Å²) >= 11 is 3.71. The molecule has 0 radical (unpaired) electrons. The van der Waals surface area contributed by atoms with Crippen LogP contribution in [0.1, 0.15) is 18.9 Å². The second kappa shape index (κ2) is 6.75. The number of amides is 1. The standard InChI is InChI=1S/C17H18N2OS2/c1-17(21-9-10-22-17)11-16(20)19-18-12-14-7-4-6-13-5-2-3-8-15(13)14/h2-8,12H,9-11H2,1H3,(H,19,20)/b18-12-. The first-order chi connectivity index (χ1) is 10.7. The average Bonchev–Trinajstić information content (AvgIpc) is 2.93. The first kappa shape index (κ1) is 15.4. The Kier molecular flexibility index (Phi) is 4.74. The number of carbonyl (C=O) groups excluding carboxylic acids is 1. The maximum absolute atomic E-state index is 12.0. The van der Waals surface area contributed by atoms with Gasteiger partial charge < -0.3 is 0 Å². The fourth-order valence-electron chi connectivity index (χ4n) is 2.53. The van der Waals surface area contributed by atoms with E-state index in [0.717, 1.165) is 22.5 Å². The number of hydrogen-bond donors (Lipinski definition) is 1. The molecule has 1 N–H and O–H groups in total. The Labute approximate surface area is 138 Å². The first-order valence-electron chi connectivity index (χ1n) is 7.24. The van der Waals surface area contributed by atoms with Crippen LogP contribution in [0.25, 0.3) is 10.8 Å². The molecule has 1 amide bonds. The molecule has 1 aliphatic heterocycles. The monoisotopic (exact) mass is 330 g/mol. The largest absolute Gasteiger partial charge is 0.273 e. The van der Waals surface area contributed by atoms with Gasteiger partial charge in [0, 0.05) is 17.1 Å². The van der Waals surface area contributed by atoms with Crippen LogP contribution < -0.4 is 5.43 Å². The lowest BCUT2D eigenvalue weighted by Gasteiger charge is -2.19. The van der Waals surface area contributed by atoms with E-state index in [1.54, 1.807) is 6.21 Å². The summed E-state index contributed by atoms with van der Waals surface area (Å²) in [5, 5.41) is 6.43. The van der Waals surface area contributed by atoms with Crippen LogP contribution in [-0.4, -0.2) is 27.7 Å². The second-order valence-electron chi connectivity index (χ2n) is 5.37. The fraction of sp³-hybridized carbons (Fsp3) is 0.294. The van der Waals surface area contributed by atoms with Gasteiger partial charge in [0.25, 0.3) is 0 Å². The van der Waals surface area contributed by atoms with Gasteiger partial charge in [-0.2, -0.15) is 5.10 Å². The molecular weight excluding hydrogens is 312 g/mol. The Morgan fingerprint density at radius 2 is 1.95 bits per heavy atom. The SMILES string of the molecule is CC1(CC(=O)N/N=C\c2cccc3ccccc23)SCCS1. The molecule has 0 bridgehead atoms. The number of nitrogens with one attached hydrogen (secondary N) is 1. The highest BCUT2D eigenvalue weighted by molar-refractivity contribution is 8.21. The van der Waals surface area contributed by atoms with Gasteiger partial charge in [-0.15, -0.1) is 23.5 Å². The average molecular weight is 330 g/mol. The lowest BCUT2D eigenvalue weighted by molar-refractivity contribution is -0.121. The molecule has 3 rings (SSSR count). The Morgan fingerprint density at radius 3 is 2.77 bits per heavy atom. The summed E-state index contributed by atoms with van der Waals surface area (Å²) in [6.45, 7) is 2.13. The zero-order chi connectivity index (χ0) is 15.4. The Morgan fingerprint density at radius 1 is 1.23 bits per heavy atom. The molecule has 2 aromatic carbocycles. The van der Waals surface area contributed by atoms with Crippen LogP contribution in [0.3, 0.4) is 0 Å². The van der Waals surface area contributed by atoms with E-state index in [2.05, 4.69) is 35.7 Å². The van der Waals surface area contributed by atoms with E-state index >= 15 is 0 Å². The van der Waals surface area contributed by atoms with E-state index in [1.165, 1.54) is 5.39 Å². The van der Waals surface area contributed by atoms with Gasteiger partial charge in [-0.25, -0.2) is 5.43 Å². The van der Waals surface area contributed by atoms with Crippen molar-refractivity contribution >= 4 is 46.4 Å². The highest BCUT2D eigenvalue weighted by atomic mass is 32.2. The molecule has 2 aromatic rings. The summed E-state index contributed by atoms with van der Waals surface area (Å²) in [5.41, 5.74) is 3.66. The molecule has 0 spiro atoms. The van der Waals surface area contributed by atoms with Gasteiger partial charge in [-0.3, -0.25) is 4.79 Å². The lowest BCUT2D eigenvalue weighted by atomic mass is 10.1. The third kappa shape index (κ3) is 3.65. The molecule has 1 heterocycles. The molecule has 0 aliphatic carbocycles. The van der Waals surface area contributed by atoms with E-state index in [0.29, 0.717) is 6.42 Å². The minimum atomic E-state index is -0.0270. The van der Waals surface area contributed by atoms with Gasteiger partial charge in [-0.1, -0.05) is 42.5 Å². The molecule has 3 nitrogen and oxygen atoms in total. The molecule has 0 unspecified atom stereocenters. The van der Waals surface area contributed by atoms with Crippen LogP contribution in [0.2, 0.25) is 0 Å².